The van der Waals surface area contributed by atoms with E-state index in [2.05, 4.69) is 15.3 Å². The van der Waals surface area contributed by atoms with Crippen LogP contribution in [0.25, 0.3) is 0 Å². The van der Waals surface area contributed by atoms with E-state index in [-0.39, 0.29) is 29.8 Å². The Labute approximate surface area is 212 Å². The highest BCUT2D eigenvalue weighted by molar-refractivity contribution is 7.17. The SMILES string of the molecule is CCOC(=O)c1sc(N(CC)CC[C@@H](C)N)nc1C(=O)NCCF.Cc1[nH]c(C=O)c(Cl)c1Cl. The van der Waals surface area contributed by atoms with E-state index in [0.29, 0.717) is 45.9 Å². The summed E-state index contributed by atoms with van der Waals surface area (Å²) in [4.78, 5) is 43.5. The van der Waals surface area contributed by atoms with Crippen LogP contribution in [-0.4, -0.2) is 67.1 Å². The number of hydrogen-bond donors (Lipinski definition) is 3. The fourth-order valence-electron chi connectivity index (χ4n) is 2.60. The van der Waals surface area contributed by atoms with Crippen LogP contribution in [0.2, 0.25) is 10.0 Å². The average Bonchev–Trinajstić information content (AvgIpc) is 3.35. The van der Waals surface area contributed by atoms with Gasteiger partial charge in [-0.3, -0.25) is 9.59 Å². The molecule has 0 saturated carbocycles. The molecule has 2 rings (SSSR count). The van der Waals surface area contributed by atoms with Gasteiger partial charge in [-0.2, -0.15) is 0 Å². The van der Waals surface area contributed by atoms with E-state index in [1.807, 2.05) is 18.7 Å². The van der Waals surface area contributed by atoms with Crippen LogP contribution in [0.15, 0.2) is 0 Å². The molecule has 0 saturated heterocycles. The second kappa shape index (κ2) is 14.9. The summed E-state index contributed by atoms with van der Waals surface area (Å²) in [6.07, 6.45) is 1.40. The first kappa shape index (κ1) is 29.8. The van der Waals surface area contributed by atoms with Crippen LogP contribution in [0.1, 0.15) is 63.5 Å². The Balaban J connectivity index is 0.000000479. The van der Waals surface area contributed by atoms with Crippen LogP contribution in [-0.2, 0) is 4.74 Å². The molecular weight excluding hydrogens is 508 g/mol. The molecule has 13 heteroatoms. The number of amides is 1. The van der Waals surface area contributed by atoms with Crippen LogP contribution in [0.3, 0.4) is 0 Å². The Hall–Kier alpha value is -2.21. The lowest BCUT2D eigenvalue weighted by molar-refractivity contribution is 0.0528. The molecule has 190 valence electrons. The summed E-state index contributed by atoms with van der Waals surface area (Å²) in [5.41, 5.74) is 6.81. The van der Waals surface area contributed by atoms with E-state index in [9.17, 15) is 18.8 Å². The minimum Gasteiger partial charge on any atom is -0.462 e. The average molecular weight is 538 g/mol. The van der Waals surface area contributed by atoms with Gasteiger partial charge in [-0.05, 0) is 34.1 Å². The molecule has 0 radical (unpaired) electrons. The standard InChI is InChI=1S/C15H25FN4O3S.C6H5Cl2NO/c1-4-20(9-6-10(3)17)15-19-11(13(21)18-8-7-16)12(24-15)14(22)23-5-2;1-3-5(7)6(8)4(2-10)9-3/h10H,4-9,17H2,1-3H3,(H,18,21);2,9H,1H3/t10-;/m1./s1. The highest BCUT2D eigenvalue weighted by atomic mass is 35.5. The molecule has 0 spiro atoms. The summed E-state index contributed by atoms with van der Waals surface area (Å²) >= 11 is 12.4. The largest absolute Gasteiger partial charge is 0.462 e. The molecule has 1 amide bonds. The topological polar surface area (TPSA) is 130 Å². The maximum absolute atomic E-state index is 12.3. The molecule has 0 bridgehead atoms. The Morgan fingerprint density at radius 3 is 2.47 bits per heavy atom. The minimum absolute atomic E-state index is 0.0267. The molecule has 2 heterocycles. The van der Waals surface area contributed by atoms with Crippen molar-refractivity contribution in [3.63, 3.8) is 0 Å². The summed E-state index contributed by atoms with van der Waals surface area (Å²) in [6.45, 7) is 8.00. The Bertz CT molecular complexity index is 967. The van der Waals surface area contributed by atoms with Crippen molar-refractivity contribution in [1.29, 1.82) is 0 Å². The number of anilines is 1. The van der Waals surface area contributed by atoms with Gasteiger partial charge in [0, 0.05) is 31.4 Å². The summed E-state index contributed by atoms with van der Waals surface area (Å²) in [5, 5.41) is 3.66. The number of hydrogen-bond acceptors (Lipinski definition) is 8. The molecule has 0 fully saturated rings. The van der Waals surface area contributed by atoms with Crippen molar-refractivity contribution in [3.8, 4) is 0 Å². The number of esters is 1. The van der Waals surface area contributed by atoms with Gasteiger partial charge in [-0.25, -0.2) is 14.2 Å². The van der Waals surface area contributed by atoms with Gasteiger partial charge in [0.15, 0.2) is 17.1 Å². The normalized spacial score (nSPS) is 11.3. The molecule has 4 N–H and O–H groups in total. The van der Waals surface area contributed by atoms with Gasteiger partial charge in [0.25, 0.3) is 5.91 Å². The molecule has 2 aromatic rings. The Morgan fingerprint density at radius 2 is 2.03 bits per heavy atom. The lowest BCUT2D eigenvalue weighted by Gasteiger charge is -2.20. The van der Waals surface area contributed by atoms with Crippen molar-refractivity contribution in [2.45, 2.75) is 40.2 Å². The van der Waals surface area contributed by atoms with Crippen molar-refractivity contribution in [2.75, 3.05) is 37.8 Å². The molecule has 34 heavy (non-hydrogen) atoms. The van der Waals surface area contributed by atoms with Crippen LogP contribution in [0, 0.1) is 6.92 Å². The zero-order chi connectivity index (χ0) is 25.8. The molecule has 0 aliphatic heterocycles. The highest BCUT2D eigenvalue weighted by Crippen LogP contribution is 2.28. The number of carbonyl (C=O) groups is 3. The number of nitrogens with one attached hydrogen (secondary N) is 2. The molecule has 0 aliphatic rings. The molecule has 9 nitrogen and oxygen atoms in total. The molecule has 1 atom stereocenters. The Morgan fingerprint density at radius 1 is 1.35 bits per heavy atom. The first-order chi connectivity index (χ1) is 16.1. The van der Waals surface area contributed by atoms with Gasteiger partial charge >= 0.3 is 5.97 Å². The first-order valence-electron chi connectivity index (χ1n) is 10.6. The van der Waals surface area contributed by atoms with Crippen molar-refractivity contribution >= 4 is 57.8 Å². The van der Waals surface area contributed by atoms with Gasteiger partial charge in [0.2, 0.25) is 0 Å². The van der Waals surface area contributed by atoms with Gasteiger partial charge in [0.1, 0.15) is 11.6 Å². The molecule has 0 aromatic carbocycles. The molecule has 0 unspecified atom stereocenters. The third-order valence-electron chi connectivity index (χ3n) is 4.38. The van der Waals surface area contributed by atoms with Crippen LogP contribution >= 0.6 is 34.5 Å². The number of aromatic amines is 1. The number of H-pyrrole nitrogens is 1. The minimum atomic E-state index is -0.688. The van der Waals surface area contributed by atoms with Gasteiger partial charge in [-0.15, -0.1) is 0 Å². The zero-order valence-electron chi connectivity index (χ0n) is 19.5. The van der Waals surface area contributed by atoms with Gasteiger partial charge in [0.05, 0.1) is 22.3 Å². The van der Waals surface area contributed by atoms with E-state index in [4.69, 9.17) is 33.7 Å². The number of nitrogens with zero attached hydrogens (tertiary/aromatic N) is 2. The second-order valence-electron chi connectivity index (χ2n) is 7.09. The van der Waals surface area contributed by atoms with E-state index >= 15 is 0 Å². The smallest absolute Gasteiger partial charge is 0.350 e. The number of thiazole rings is 1. The lowest BCUT2D eigenvalue weighted by Crippen LogP contribution is -2.29. The Kier molecular flexibility index (Phi) is 13.1. The number of ether oxygens (including phenoxy) is 1. The highest BCUT2D eigenvalue weighted by Gasteiger charge is 2.26. The van der Waals surface area contributed by atoms with Crippen molar-refractivity contribution < 1.29 is 23.5 Å². The predicted molar refractivity (Wildman–Crippen MR) is 133 cm³/mol. The quantitative estimate of drug-likeness (QED) is 0.291. The van der Waals surface area contributed by atoms with Gasteiger partial charge in [-0.1, -0.05) is 34.5 Å². The predicted octanol–water partition coefficient (Wildman–Crippen LogP) is 4.03. The lowest BCUT2D eigenvalue weighted by atomic mass is 10.2. The van der Waals surface area contributed by atoms with Crippen molar-refractivity contribution in [2.24, 2.45) is 5.73 Å². The number of aryl methyl sites for hydroxylation is 1. The summed E-state index contributed by atoms with van der Waals surface area (Å²) < 4.78 is 17.3. The van der Waals surface area contributed by atoms with Crippen LogP contribution < -0.4 is 16.0 Å². The molecule has 0 aliphatic carbocycles. The van der Waals surface area contributed by atoms with Crippen LogP contribution in [0.5, 0.6) is 0 Å². The van der Waals surface area contributed by atoms with Gasteiger partial charge < -0.3 is 25.7 Å². The number of nitrogens with two attached hydrogens (primary N) is 1. The van der Waals surface area contributed by atoms with E-state index in [1.165, 1.54) is 0 Å². The maximum atomic E-state index is 12.3. The fourth-order valence-corrected chi connectivity index (χ4v) is 4.03. The summed E-state index contributed by atoms with van der Waals surface area (Å²) in [7, 11) is 0. The zero-order valence-corrected chi connectivity index (χ0v) is 21.9. The summed E-state index contributed by atoms with van der Waals surface area (Å²) in [5.74, 6) is -1.18. The molecule has 2 aromatic heterocycles. The first-order valence-corrected chi connectivity index (χ1v) is 12.2. The number of aromatic nitrogens is 2. The number of aldehydes is 1. The van der Waals surface area contributed by atoms with E-state index in [0.717, 1.165) is 17.8 Å². The number of alkyl halides is 1. The monoisotopic (exact) mass is 537 g/mol. The third kappa shape index (κ3) is 8.53. The van der Waals surface area contributed by atoms with E-state index < -0.39 is 18.6 Å². The summed E-state index contributed by atoms with van der Waals surface area (Å²) in [6, 6.07) is 0.0378. The number of halogens is 3. The fraction of sp³-hybridized carbons (Fsp3) is 0.524. The number of carbonyl (C=O) groups excluding carboxylic acids is 3. The van der Waals surface area contributed by atoms with Crippen molar-refractivity contribution in [1.82, 2.24) is 15.3 Å². The third-order valence-corrected chi connectivity index (χ3v) is 6.43. The van der Waals surface area contributed by atoms with Crippen LogP contribution in [0.4, 0.5) is 9.52 Å². The maximum Gasteiger partial charge on any atom is 0.350 e. The molecular formula is C21H30Cl2FN5O4S. The number of rotatable bonds is 11. The van der Waals surface area contributed by atoms with Crippen molar-refractivity contribution in [3.05, 3.63) is 32.0 Å². The van der Waals surface area contributed by atoms with E-state index in [1.54, 1.807) is 13.8 Å². The second-order valence-corrected chi connectivity index (χ2v) is 8.83.